The molecule has 1 saturated heterocycles. The van der Waals surface area contributed by atoms with Crippen LogP contribution < -0.4 is 0 Å². The third kappa shape index (κ3) is 2.86. The molecule has 2 atom stereocenters. The van der Waals surface area contributed by atoms with E-state index in [2.05, 4.69) is 11.0 Å². The Balaban J connectivity index is 1.68. The van der Waals surface area contributed by atoms with Gasteiger partial charge in [0.2, 0.25) is 0 Å². The first kappa shape index (κ1) is 13.6. The van der Waals surface area contributed by atoms with E-state index in [1.54, 1.807) is 12.1 Å². The summed E-state index contributed by atoms with van der Waals surface area (Å²) in [5.41, 5.74) is 1.22. The highest BCUT2D eigenvalue weighted by Crippen LogP contribution is 2.36. The van der Waals surface area contributed by atoms with Gasteiger partial charge in [0.05, 0.1) is 11.6 Å². The Bertz CT molecular complexity index is 520. The predicted molar refractivity (Wildman–Crippen MR) is 76.5 cm³/mol. The lowest BCUT2D eigenvalue weighted by Gasteiger charge is -2.41. The van der Waals surface area contributed by atoms with Crippen molar-refractivity contribution in [2.45, 2.75) is 38.6 Å². The topological polar surface area (TPSA) is 27.0 Å². The van der Waals surface area contributed by atoms with Crippen molar-refractivity contribution in [3.63, 3.8) is 0 Å². The molecule has 0 bridgehead atoms. The first-order chi connectivity index (χ1) is 9.76. The number of hydrogen-bond acceptors (Lipinski definition) is 2. The molecule has 1 aromatic carbocycles. The summed E-state index contributed by atoms with van der Waals surface area (Å²) in [5.74, 6) is 1.52. The van der Waals surface area contributed by atoms with E-state index in [4.69, 9.17) is 5.26 Å². The van der Waals surface area contributed by atoms with E-state index in [1.807, 2.05) is 0 Å². The molecule has 0 aromatic heterocycles. The van der Waals surface area contributed by atoms with Crippen molar-refractivity contribution in [1.29, 1.82) is 5.26 Å². The zero-order valence-corrected chi connectivity index (χ0v) is 11.8. The summed E-state index contributed by atoms with van der Waals surface area (Å²) in [7, 11) is 0. The fraction of sp³-hybridized carbons (Fsp3) is 0.588. The maximum Gasteiger partial charge on any atom is 0.127 e. The minimum atomic E-state index is -0.185. The van der Waals surface area contributed by atoms with Gasteiger partial charge in [-0.3, -0.25) is 4.90 Å². The van der Waals surface area contributed by atoms with E-state index in [1.165, 1.54) is 38.2 Å². The summed E-state index contributed by atoms with van der Waals surface area (Å²) in [6.07, 6.45) is 6.72. The first-order valence-electron chi connectivity index (χ1n) is 7.67. The molecule has 1 heterocycles. The van der Waals surface area contributed by atoms with Gasteiger partial charge in [0, 0.05) is 18.7 Å². The number of likely N-dealkylation sites (tertiary alicyclic amines) is 1. The summed E-state index contributed by atoms with van der Waals surface area (Å²) in [6.45, 7) is 2.81. The van der Waals surface area contributed by atoms with Gasteiger partial charge in [0.15, 0.2) is 0 Å². The van der Waals surface area contributed by atoms with Crippen LogP contribution in [0.15, 0.2) is 18.2 Å². The third-order valence-electron chi connectivity index (χ3n) is 4.94. The minimum Gasteiger partial charge on any atom is -0.299 e. The SMILES string of the molecule is N#Cc1ccc(F)c(CN2CCC3CCCCC3C2)c1. The summed E-state index contributed by atoms with van der Waals surface area (Å²) in [5, 5.41) is 8.93. The Morgan fingerprint density at radius 3 is 2.80 bits per heavy atom. The fourth-order valence-corrected chi connectivity index (χ4v) is 3.83. The average molecular weight is 272 g/mol. The lowest BCUT2D eigenvalue weighted by atomic mass is 9.75. The van der Waals surface area contributed by atoms with Crippen LogP contribution >= 0.6 is 0 Å². The number of benzene rings is 1. The number of piperidine rings is 1. The van der Waals surface area contributed by atoms with Gasteiger partial charge in [-0.1, -0.05) is 19.3 Å². The zero-order valence-electron chi connectivity index (χ0n) is 11.8. The van der Waals surface area contributed by atoms with Gasteiger partial charge >= 0.3 is 0 Å². The third-order valence-corrected chi connectivity index (χ3v) is 4.94. The van der Waals surface area contributed by atoms with Crippen molar-refractivity contribution < 1.29 is 4.39 Å². The van der Waals surface area contributed by atoms with Gasteiger partial charge in [0.25, 0.3) is 0 Å². The van der Waals surface area contributed by atoms with E-state index < -0.39 is 0 Å². The van der Waals surface area contributed by atoms with Crippen molar-refractivity contribution >= 4 is 0 Å². The molecule has 0 radical (unpaired) electrons. The molecular formula is C17H21FN2. The molecule has 0 amide bonds. The van der Waals surface area contributed by atoms with Crippen LogP contribution in [0.4, 0.5) is 4.39 Å². The second-order valence-corrected chi connectivity index (χ2v) is 6.25. The van der Waals surface area contributed by atoms with E-state index in [0.717, 1.165) is 24.9 Å². The highest BCUT2D eigenvalue weighted by atomic mass is 19.1. The molecule has 2 aliphatic rings. The van der Waals surface area contributed by atoms with Crippen LogP contribution in [0.25, 0.3) is 0 Å². The Hall–Kier alpha value is -1.40. The molecular weight excluding hydrogens is 251 g/mol. The average Bonchev–Trinajstić information content (AvgIpc) is 2.49. The molecule has 3 heteroatoms. The number of fused-ring (bicyclic) bond motifs is 1. The molecule has 1 saturated carbocycles. The summed E-state index contributed by atoms with van der Waals surface area (Å²) >= 11 is 0. The minimum absolute atomic E-state index is 0.185. The smallest absolute Gasteiger partial charge is 0.127 e. The molecule has 106 valence electrons. The van der Waals surface area contributed by atoms with E-state index in [0.29, 0.717) is 17.7 Å². The Morgan fingerprint density at radius 1 is 1.20 bits per heavy atom. The standard InChI is InChI=1S/C17H21FN2/c18-17-6-5-13(10-19)9-16(17)12-20-8-7-14-3-1-2-4-15(14)11-20/h5-6,9,14-15H,1-4,7-8,11-12H2. The number of halogens is 1. The Kier molecular flexibility index (Phi) is 4.03. The van der Waals surface area contributed by atoms with Crippen molar-refractivity contribution in [3.05, 3.63) is 35.1 Å². The fourth-order valence-electron chi connectivity index (χ4n) is 3.83. The highest BCUT2D eigenvalue weighted by Gasteiger charge is 2.31. The zero-order chi connectivity index (χ0) is 13.9. The molecule has 1 aliphatic carbocycles. The highest BCUT2D eigenvalue weighted by molar-refractivity contribution is 5.33. The molecule has 20 heavy (non-hydrogen) atoms. The molecule has 3 rings (SSSR count). The Morgan fingerprint density at radius 2 is 2.00 bits per heavy atom. The van der Waals surface area contributed by atoms with E-state index in [9.17, 15) is 4.39 Å². The van der Waals surface area contributed by atoms with Crippen LogP contribution in [-0.2, 0) is 6.54 Å². The van der Waals surface area contributed by atoms with Gasteiger partial charge < -0.3 is 0 Å². The summed E-state index contributed by atoms with van der Waals surface area (Å²) in [6, 6.07) is 6.75. The quantitative estimate of drug-likeness (QED) is 0.820. The number of nitriles is 1. The summed E-state index contributed by atoms with van der Waals surface area (Å²) in [4.78, 5) is 2.37. The van der Waals surface area contributed by atoms with Crippen LogP contribution in [0, 0.1) is 29.0 Å². The van der Waals surface area contributed by atoms with Gasteiger partial charge in [-0.2, -0.15) is 5.26 Å². The van der Waals surface area contributed by atoms with Crippen LogP contribution in [-0.4, -0.2) is 18.0 Å². The van der Waals surface area contributed by atoms with Crippen molar-refractivity contribution in [1.82, 2.24) is 4.90 Å². The van der Waals surface area contributed by atoms with Crippen LogP contribution in [0.3, 0.4) is 0 Å². The molecule has 2 unspecified atom stereocenters. The second kappa shape index (κ2) is 5.93. The van der Waals surface area contributed by atoms with Gasteiger partial charge in [-0.05, 0) is 49.4 Å². The number of rotatable bonds is 2. The molecule has 2 fully saturated rings. The molecule has 1 aliphatic heterocycles. The van der Waals surface area contributed by atoms with Crippen LogP contribution in [0.1, 0.15) is 43.2 Å². The number of nitrogens with zero attached hydrogens (tertiary/aromatic N) is 2. The maximum absolute atomic E-state index is 13.9. The van der Waals surface area contributed by atoms with Gasteiger partial charge in [-0.25, -0.2) is 4.39 Å². The van der Waals surface area contributed by atoms with Crippen LogP contribution in [0.5, 0.6) is 0 Å². The predicted octanol–water partition coefficient (Wildman–Crippen LogP) is 3.71. The van der Waals surface area contributed by atoms with Crippen molar-refractivity contribution in [3.8, 4) is 6.07 Å². The van der Waals surface area contributed by atoms with Crippen LogP contribution in [0.2, 0.25) is 0 Å². The summed E-state index contributed by atoms with van der Waals surface area (Å²) < 4.78 is 13.9. The molecule has 0 spiro atoms. The van der Waals surface area contributed by atoms with Gasteiger partial charge in [-0.15, -0.1) is 0 Å². The first-order valence-corrected chi connectivity index (χ1v) is 7.67. The van der Waals surface area contributed by atoms with E-state index in [-0.39, 0.29) is 5.82 Å². The lowest BCUT2D eigenvalue weighted by molar-refractivity contribution is 0.0813. The second-order valence-electron chi connectivity index (χ2n) is 6.25. The van der Waals surface area contributed by atoms with Crippen molar-refractivity contribution in [2.75, 3.05) is 13.1 Å². The molecule has 0 N–H and O–H groups in total. The maximum atomic E-state index is 13.9. The molecule has 1 aromatic rings. The van der Waals surface area contributed by atoms with Crippen molar-refractivity contribution in [2.24, 2.45) is 11.8 Å². The normalized spacial score (nSPS) is 26.8. The Labute approximate surface area is 120 Å². The number of hydrogen-bond donors (Lipinski definition) is 0. The molecule has 2 nitrogen and oxygen atoms in total. The van der Waals surface area contributed by atoms with E-state index >= 15 is 0 Å². The lowest BCUT2D eigenvalue weighted by Crippen LogP contribution is -2.41. The van der Waals surface area contributed by atoms with Gasteiger partial charge in [0.1, 0.15) is 5.82 Å². The monoisotopic (exact) mass is 272 g/mol. The largest absolute Gasteiger partial charge is 0.299 e.